The van der Waals surface area contributed by atoms with Crippen molar-refractivity contribution in [1.29, 1.82) is 0 Å². The second-order valence-corrected chi connectivity index (χ2v) is 9.26. The number of aromatic amines is 2. The summed E-state index contributed by atoms with van der Waals surface area (Å²) in [4.78, 5) is 42.2. The highest BCUT2D eigenvalue weighted by atomic mass is 32.2. The first-order chi connectivity index (χ1) is 14.8. The smallest absolute Gasteiger partial charge is 0.326 e. The number of likely N-dealkylation sites (tertiary alicyclic amines) is 1. The summed E-state index contributed by atoms with van der Waals surface area (Å²) in [5.74, 6) is -0.0489. The molecule has 3 aromatic rings. The predicted molar refractivity (Wildman–Crippen MR) is 115 cm³/mol. The van der Waals surface area contributed by atoms with E-state index in [0.717, 1.165) is 32.4 Å². The number of fused-ring (bicyclic) bond motifs is 1. The van der Waals surface area contributed by atoms with Crippen LogP contribution in [0.4, 0.5) is 0 Å². The number of carbonyl (C=O) groups excluding carboxylic acids is 1. The summed E-state index contributed by atoms with van der Waals surface area (Å²) in [6.07, 6.45) is 3.11. The summed E-state index contributed by atoms with van der Waals surface area (Å²) in [5, 5.41) is 0.0663. The molecule has 0 atom stereocenters. The van der Waals surface area contributed by atoms with E-state index in [1.807, 2.05) is 4.90 Å². The van der Waals surface area contributed by atoms with Gasteiger partial charge < -0.3 is 9.88 Å². The molecule has 2 aromatic carbocycles. The molecule has 1 saturated heterocycles. The third kappa shape index (κ3) is 4.59. The van der Waals surface area contributed by atoms with Gasteiger partial charge in [0.05, 0.1) is 15.8 Å². The van der Waals surface area contributed by atoms with Crippen molar-refractivity contribution < 1.29 is 13.2 Å². The van der Waals surface area contributed by atoms with Crippen LogP contribution in [-0.4, -0.2) is 42.3 Å². The molecule has 0 bridgehead atoms. The lowest BCUT2D eigenvalue weighted by Gasteiger charge is -2.26. The number of hydrogen-bond donors (Lipinski definition) is 3. The molecular weight excluding hydrogens is 420 g/mol. The zero-order valence-corrected chi connectivity index (χ0v) is 17.5. The van der Waals surface area contributed by atoms with E-state index in [1.165, 1.54) is 18.2 Å². The van der Waals surface area contributed by atoms with E-state index in [1.54, 1.807) is 24.3 Å². The fraction of sp³-hybridized carbons (Fsp3) is 0.286. The van der Waals surface area contributed by atoms with Gasteiger partial charge in [-0.05, 0) is 55.2 Å². The van der Waals surface area contributed by atoms with Gasteiger partial charge >= 0.3 is 5.69 Å². The van der Waals surface area contributed by atoms with Gasteiger partial charge in [0.25, 0.3) is 11.5 Å². The number of benzene rings is 2. The molecule has 1 amide bonds. The summed E-state index contributed by atoms with van der Waals surface area (Å²) in [6.45, 7) is 1.47. The lowest BCUT2D eigenvalue weighted by atomic mass is 10.1. The zero-order chi connectivity index (χ0) is 22.0. The van der Waals surface area contributed by atoms with Crippen LogP contribution in [0.2, 0.25) is 0 Å². The summed E-state index contributed by atoms with van der Waals surface area (Å²) in [7, 11) is -3.92. The van der Waals surface area contributed by atoms with Crippen LogP contribution in [0.15, 0.2) is 56.9 Å². The number of H-pyrrole nitrogens is 2. The van der Waals surface area contributed by atoms with Crippen molar-refractivity contribution in [3.63, 3.8) is 0 Å². The number of piperidine rings is 1. The van der Waals surface area contributed by atoms with Crippen LogP contribution in [0.5, 0.6) is 0 Å². The number of nitrogens with zero attached hydrogens (tertiary/aromatic N) is 1. The van der Waals surface area contributed by atoms with Crippen LogP contribution in [0.1, 0.15) is 35.2 Å². The van der Waals surface area contributed by atoms with Crippen LogP contribution in [0.25, 0.3) is 10.9 Å². The summed E-state index contributed by atoms with van der Waals surface area (Å²) < 4.78 is 27.9. The number of nitrogens with one attached hydrogen (secondary N) is 3. The first kappa shape index (κ1) is 21.0. The molecule has 0 radical (unpaired) electrons. The molecule has 10 heteroatoms. The third-order valence-corrected chi connectivity index (χ3v) is 6.70. The van der Waals surface area contributed by atoms with Crippen LogP contribution >= 0.6 is 0 Å². The van der Waals surface area contributed by atoms with Gasteiger partial charge in [-0.3, -0.25) is 14.6 Å². The van der Waals surface area contributed by atoms with Crippen LogP contribution < -0.4 is 16.0 Å². The minimum Gasteiger partial charge on any atom is -0.339 e. The quantitative estimate of drug-likeness (QED) is 0.548. The van der Waals surface area contributed by atoms with Crippen molar-refractivity contribution in [3.8, 4) is 0 Å². The Hall–Kier alpha value is -3.24. The van der Waals surface area contributed by atoms with Crippen LogP contribution in [0.3, 0.4) is 0 Å². The van der Waals surface area contributed by atoms with Crippen molar-refractivity contribution >= 4 is 26.8 Å². The molecule has 3 N–H and O–H groups in total. The fourth-order valence-corrected chi connectivity index (χ4v) is 4.71. The van der Waals surface area contributed by atoms with E-state index in [4.69, 9.17) is 0 Å². The monoisotopic (exact) mass is 442 g/mol. The summed E-state index contributed by atoms with van der Waals surface area (Å²) in [5.41, 5.74) is 0.0933. The highest BCUT2D eigenvalue weighted by Gasteiger charge is 2.19. The van der Waals surface area contributed by atoms with E-state index < -0.39 is 21.3 Å². The largest absolute Gasteiger partial charge is 0.339 e. The molecule has 0 saturated carbocycles. The zero-order valence-electron chi connectivity index (χ0n) is 16.7. The highest BCUT2D eigenvalue weighted by molar-refractivity contribution is 7.89. The minimum absolute atomic E-state index is 0.0104. The average Bonchev–Trinajstić information content (AvgIpc) is 2.78. The second kappa shape index (κ2) is 8.48. The minimum atomic E-state index is -3.92. The lowest BCUT2D eigenvalue weighted by Crippen LogP contribution is -2.35. The Labute approximate surface area is 178 Å². The van der Waals surface area contributed by atoms with Crippen molar-refractivity contribution in [2.45, 2.75) is 30.7 Å². The van der Waals surface area contributed by atoms with Gasteiger partial charge in [-0.25, -0.2) is 17.9 Å². The SMILES string of the molecule is O=C(c1cccc(CNS(=O)(=O)c2ccc3[nH]c(=O)[nH]c(=O)c3c2)c1)N1CCCCC1. The normalized spacial score (nSPS) is 14.6. The maximum absolute atomic E-state index is 12.7. The van der Waals surface area contributed by atoms with Gasteiger partial charge in [-0.1, -0.05) is 12.1 Å². The molecule has 2 heterocycles. The third-order valence-electron chi connectivity index (χ3n) is 5.30. The Kier molecular flexibility index (Phi) is 5.75. The Morgan fingerprint density at radius 3 is 2.55 bits per heavy atom. The Bertz CT molecular complexity index is 1350. The molecule has 162 valence electrons. The van der Waals surface area contributed by atoms with E-state index in [0.29, 0.717) is 11.1 Å². The molecule has 1 fully saturated rings. The summed E-state index contributed by atoms with van der Waals surface area (Å²) >= 11 is 0. The molecule has 0 aliphatic carbocycles. The van der Waals surface area contributed by atoms with Crippen molar-refractivity contribution in [2.24, 2.45) is 0 Å². The topological polar surface area (TPSA) is 132 Å². The second-order valence-electron chi connectivity index (χ2n) is 7.49. The van der Waals surface area contributed by atoms with Crippen molar-refractivity contribution in [3.05, 3.63) is 74.4 Å². The van der Waals surface area contributed by atoms with E-state index in [9.17, 15) is 22.8 Å². The molecule has 31 heavy (non-hydrogen) atoms. The Balaban J connectivity index is 1.52. The first-order valence-electron chi connectivity index (χ1n) is 9.98. The van der Waals surface area contributed by atoms with Gasteiger partial charge in [0, 0.05) is 25.2 Å². The Morgan fingerprint density at radius 1 is 1.00 bits per heavy atom. The first-order valence-corrected chi connectivity index (χ1v) is 11.5. The number of aromatic nitrogens is 2. The fourth-order valence-electron chi connectivity index (χ4n) is 3.67. The van der Waals surface area contributed by atoms with Gasteiger partial charge in [0.2, 0.25) is 10.0 Å². The molecular formula is C21H22N4O5S. The number of carbonyl (C=O) groups is 1. The lowest BCUT2D eigenvalue weighted by molar-refractivity contribution is 0.0724. The highest BCUT2D eigenvalue weighted by Crippen LogP contribution is 2.16. The van der Waals surface area contributed by atoms with Gasteiger partial charge in [0.15, 0.2) is 0 Å². The van der Waals surface area contributed by atoms with Crippen molar-refractivity contribution in [1.82, 2.24) is 19.6 Å². The predicted octanol–water partition coefficient (Wildman–Crippen LogP) is 1.32. The van der Waals surface area contributed by atoms with E-state index >= 15 is 0 Å². The maximum Gasteiger partial charge on any atom is 0.326 e. The van der Waals surface area contributed by atoms with Crippen molar-refractivity contribution in [2.75, 3.05) is 13.1 Å². The van der Waals surface area contributed by atoms with Gasteiger partial charge in [-0.2, -0.15) is 0 Å². The molecule has 0 spiro atoms. The summed E-state index contributed by atoms with van der Waals surface area (Å²) in [6, 6.07) is 10.8. The standard InChI is InChI=1S/C21H22N4O5S/c26-19-17-12-16(7-8-18(17)23-21(28)24-19)31(29,30)22-13-14-5-4-6-15(11-14)20(27)25-9-2-1-3-10-25/h4-8,11-12,22H,1-3,9-10,13H2,(H2,23,24,26,28). The van der Waals surface area contributed by atoms with Crippen LogP contribution in [0, 0.1) is 0 Å². The molecule has 1 aliphatic heterocycles. The number of amides is 1. The maximum atomic E-state index is 12.7. The molecule has 9 nitrogen and oxygen atoms in total. The van der Waals surface area contributed by atoms with Gasteiger partial charge in [-0.15, -0.1) is 0 Å². The number of sulfonamides is 1. The average molecular weight is 442 g/mol. The molecule has 1 aliphatic rings. The Morgan fingerprint density at radius 2 is 1.77 bits per heavy atom. The molecule has 1 aromatic heterocycles. The molecule has 4 rings (SSSR count). The van der Waals surface area contributed by atoms with Gasteiger partial charge in [0.1, 0.15) is 0 Å². The van der Waals surface area contributed by atoms with E-state index in [2.05, 4.69) is 14.7 Å². The number of rotatable bonds is 5. The number of hydrogen-bond acceptors (Lipinski definition) is 5. The molecule has 0 unspecified atom stereocenters. The van der Waals surface area contributed by atoms with Crippen LogP contribution in [-0.2, 0) is 16.6 Å². The van der Waals surface area contributed by atoms with E-state index in [-0.39, 0.29) is 28.3 Å².